The van der Waals surface area contributed by atoms with Crippen LogP contribution in [0, 0.1) is 6.92 Å². The van der Waals surface area contributed by atoms with Crippen molar-refractivity contribution in [2.75, 3.05) is 13.2 Å². The summed E-state index contributed by atoms with van der Waals surface area (Å²) >= 11 is 2.93. The average Bonchev–Trinajstić information content (AvgIpc) is 3.32. The maximum atomic E-state index is 12.2. The predicted octanol–water partition coefficient (Wildman–Crippen LogP) is 3.55. The van der Waals surface area contributed by atoms with Gasteiger partial charge in [0.25, 0.3) is 5.91 Å². The molecule has 0 saturated carbocycles. The molecule has 2 aromatic heterocycles. The van der Waals surface area contributed by atoms with Gasteiger partial charge in [0.05, 0.1) is 6.54 Å². The second kappa shape index (κ2) is 7.82. The Bertz CT molecular complexity index is 779. The first-order valence-electron chi connectivity index (χ1n) is 7.85. The number of thiophene rings is 2. The molecule has 3 aromatic rings. The summed E-state index contributed by atoms with van der Waals surface area (Å²) in [5.74, 6) is 0.416. The Balaban J connectivity index is 1.64. The summed E-state index contributed by atoms with van der Waals surface area (Å²) in [6, 6.07) is 15.1. The van der Waals surface area contributed by atoms with Gasteiger partial charge in [0.1, 0.15) is 11.4 Å². The number of hydrogen-bond donors (Lipinski definition) is 2. The Morgan fingerprint density at radius 3 is 2.28 bits per heavy atom. The van der Waals surface area contributed by atoms with Crippen molar-refractivity contribution in [2.24, 2.45) is 0 Å². The zero-order chi connectivity index (χ0) is 17.7. The van der Waals surface area contributed by atoms with E-state index in [1.54, 1.807) is 0 Å². The number of para-hydroxylation sites is 1. The Morgan fingerprint density at radius 1 is 1.08 bits per heavy atom. The van der Waals surface area contributed by atoms with Crippen molar-refractivity contribution in [1.82, 2.24) is 5.32 Å². The minimum absolute atomic E-state index is 0.0875. The van der Waals surface area contributed by atoms with Gasteiger partial charge in [0.15, 0.2) is 6.61 Å². The van der Waals surface area contributed by atoms with Gasteiger partial charge in [-0.2, -0.15) is 0 Å². The normalized spacial score (nSPS) is 11.3. The molecule has 0 saturated heterocycles. The number of ether oxygens (including phenoxy) is 1. The van der Waals surface area contributed by atoms with E-state index in [-0.39, 0.29) is 19.1 Å². The second-order valence-electron chi connectivity index (χ2n) is 5.65. The minimum Gasteiger partial charge on any atom is -0.484 e. The van der Waals surface area contributed by atoms with Crippen molar-refractivity contribution in [1.29, 1.82) is 0 Å². The molecule has 2 heterocycles. The molecule has 6 heteroatoms. The summed E-state index contributed by atoms with van der Waals surface area (Å²) in [4.78, 5) is 13.8. The highest BCUT2D eigenvalue weighted by molar-refractivity contribution is 7.11. The molecule has 0 radical (unpaired) electrons. The first-order valence-corrected chi connectivity index (χ1v) is 9.61. The van der Waals surface area contributed by atoms with E-state index in [4.69, 9.17) is 4.74 Å². The van der Waals surface area contributed by atoms with Crippen LogP contribution in [0.15, 0.2) is 59.3 Å². The molecule has 0 unspecified atom stereocenters. The summed E-state index contributed by atoms with van der Waals surface area (Å²) < 4.78 is 5.56. The van der Waals surface area contributed by atoms with Gasteiger partial charge in [0, 0.05) is 9.75 Å². The summed E-state index contributed by atoms with van der Waals surface area (Å²) in [5, 5.41) is 17.8. The van der Waals surface area contributed by atoms with Crippen LogP contribution in [0.4, 0.5) is 0 Å². The van der Waals surface area contributed by atoms with Crippen LogP contribution in [0.1, 0.15) is 15.3 Å². The lowest BCUT2D eigenvalue weighted by Gasteiger charge is -2.26. The quantitative estimate of drug-likeness (QED) is 0.666. The molecule has 1 amide bonds. The standard InChI is InChI=1S/C19H19NO3S2/c1-14-6-2-3-7-15(14)23-12-18(21)20-13-19(22,16-8-4-10-24-16)17-9-5-11-25-17/h2-11,22H,12-13H2,1H3,(H,20,21). The van der Waals surface area contributed by atoms with E-state index in [0.29, 0.717) is 5.75 Å². The van der Waals surface area contributed by atoms with Crippen molar-refractivity contribution in [3.8, 4) is 5.75 Å². The third kappa shape index (κ3) is 4.10. The maximum absolute atomic E-state index is 12.2. The highest BCUT2D eigenvalue weighted by atomic mass is 32.1. The van der Waals surface area contributed by atoms with Crippen molar-refractivity contribution in [2.45, 2.75) is 12.5 Å². The van der Waals surface area contributed by atoms with Gasteiger partial charge >= 0.3 is 0 Å². The van der Waals surface area contributed by atoms with E-state index in [1.165, 1.54) is 22.7 Å². The van der Waals surface area contributed by atoms with Gasteiger partial charge in [-0.15, -0.1) is 22.7 Å². The lowest BCUT2D eigenvalue weighted by molar-refractivity contribution is -0.124. The number of aryl methyl sites for hydroxylation is 1. The van der Waals surface area contributed by atoms with E-state index in [0.717, 1.165) is 15.3 Å². The third-order valence-corrected chi connectivity index (χ3v) is 5.89. The number of carbonyl (C=O) groups is 1. The van der Waals surface area contributed by atoms with E-state index in [1.807, 2.05) is 66.2 Å². The lowest BCUT2D eigenvalue weighted by atomic mass is 10.00. The van der Waals surface area contributed by atoms with Gasteiger partial charge in [-0.3, -0.25) is 4.79 Å². The number of amides is 1. The number of nitrogens with one attached hydrogen (secondary N) is 1. The van der Waals surface area contributed by atoms with Crippen molar-refractivity contribution < 1.29 is 14.6 Å². The molecule has 130 valence electrons. The minimum atomic E-state index is -1.22. The van der Waals surface area contributed by atoms with Crippen LogP contribution < -0.4 is 10.1 Å². The maximum Gasteiger partial charge on any atom is 0.258 e. The first kappa shape index (κ1) is 17.7. The van der Waals surface area contributed by atoms with Crippen LogP contribution in [0.25, 0.3) is 0 Å². The summed E-state index contributed by atoms with van der Waals surface area (Å²) in [6.07, 6.45) is 0. The van der Waals surface area contributed by atoms with E-state index >= 15 is 0 Å². The van der Waals surface area contributed by atoms with Crippen LogP contribution in [-0.4, -0.2) is 24.2 Å². The molecule has 0 aliphatic heterocycles. The Labute approximate surface area is 154 Å². The molecular weight excluding hydrogens is 354 g/mol. The fourth-order valence-electron chi connectivity index (χ4n) is 2.46. The van der Waals surface area contributed by atoms with E-state index < -0.39 is 5.60 Å². The SMILES string of the molecule is Cc1ccccc1OCC(=O)NCC(O)(c1cccs1)c1cccs1. The molecule has 2 N–H and O–H groups in total. The van der Waals surface area contributed by atoms with Gasteiger partial charge in [-0.25, -0.2) is 0 Å². The average molecular weight is 373 g/mol. The van der Waals surface area contributed by atoms with Crippen LogP contribution in [0.5, 0.6) is 5.75 Å². The largest absolute Gasteiger partial charge is 0.484 e. The topological polar surface area (TPSA) is 58.6 Å². The number of aliphatic hydroxyl groups is 1. The summed E-state index contributed by atoms with van der Waals surface area (Å²) in [5.41, 5.74) is -0.246. The predicted molar refractivity (Wildman–Crippen MR) is 101 cm³/mol. The fraction of sp³-hybridized carbons (Fsp3) is 0.211. The molecular formula is C19H19NO3S2. The smallest absolute Gasteiger partial charge is 0.258 e. The van der Waals surface area contributed by atoms with Gasteiger partial charge in [0.2, 0.25) is 0 Å². The number of benzene rings is 1. The summed E-state index contributed by atoms with van der Waals surface area (Å²) in [6.45, 7) is 1.94. The molecule has 25 heavy (non-hydrogen) atoms. The van der Waals surface area contributed by atoms with Crippen molar-refractivity contribution in [3.63, 3.8) is 0 Å². The Hall–Kier alpha value is -2.15. The van der Waals surface area contributed by atoms with Gasteiger partial charge < -0.3 is 15.2 Å². The number of carbonyl (C=O) groups excluding carboxylic acids is 1. The molecule has 0 spiro atoms. The van der Waals surface area contributed by atoms with Crippen molar-refractivity contribution >= 4 is 28.6 Å². The van der Waals surface area contributed by atoms with E-state index in [2.05, 4.69) is 5.32 Å². The molecule has 0 bridgehead atoms. The molecule has 0 atom stereocenters. The van der Waals surface area contributed by atoms with E-state index in [9.17, 15) is 9.90 Å². The molecule has 0 fully saturated rings. The molecule has 1 aromatic carbocycles. The second-order valence-corrected chi connectivity index (χ2v) is 7.54. The molecule has 4 nitrogen and oxygen atoms in total. The lowest BCUT2D eigenvalue weighted by Crippen LogP contribution is -2.42. The highest BCUT2D eigenvalue weighted by Crippen LogP contribution is 2.34. The molecule has 0 aliphatic carbocycles. The highest BCUT2D eigenvalue weighted by Gasteiger charge is 2.34. The molecule has 0 aliphatic rings. The van der Waals surface area contributed by atoms with Crippen LogP contribution in [0.2, 0.25) is 0 Å². The Morgan fingerprint density at radius 2 is 1.72 bits per heavy atom. The molecule has 3 rings (SSSR count). The number of rotatable bonds is 7. The zero-order valence-electron chi connectivity index (χ0n) is 13.8. The zero-order valence-corrected chi connectivity index (χ0v) is 15.4. The van der Waals surface area contributed by atoms with Crippen molar-refractivity contribution in [3.05, 3.63) is 74.6 Å². The van der Waals surface area contributed by atoms with Crippen LogP contribution in [-0.2, 0) is 10.4 Å². The van der Waals surface area contributed by atoms with Crippen LogP contribution >= 0.6 is 22.7 Å². The summed E-state index contributed by atoms with van der Waals surface area (Å²) in [7, 11) is 0. The Kier molecular flexibility index (Phi) is 5.53. The monoisotopic (exact) mass is 373 g/mol. The van der Waals surface area contributed by atoms with Gasteiger partial charge in [-0.1, -0.05) is 30.3 Å². The number of hydrogen-bond acceptors (Lipinski definition) is 5. The fourth-order valence-corrected chi connectivity index (χ4v) is 4.20. The third-order valence-electron chi connectivity index (χ3n) is 3.85. The first-order chi connectivity index (χ1) is 12.1. The van der Waals surface area contributed by atoms with Gasteiger partial charge in [-0.05, 0) is 41.4 Å². The van der Waals surface area contributed by atoms with Crippen LogP contribution in [0.3, 0.4) is 0 Å².